The van der Waals surface area contributed by atoms with Gasteiger partial charge in [0.25, 0.3) is 5.56 Å². The molecule has 1 aliphatic heterocycles. The number of aromatic nitrogens is 1. The molecule has 2 aromatic rings. The Labute approximate surface area is 206 Å². The molecule has 9 heteroatoms. The number of aryl methyl sites for hydroxylation is 1. The second-order valence-corrected chi connectivity index (χ2v) is 9.79. The standard InChI is InChI=1S/C26H35N3O6/c1-16-17(2)24(31)27(6)13-19(16)18-11-21(33-7)20(22(12-18)34-8)14-28-9-10-29(15-23(28)30)25(32)35-26(3,4)5/h11-13H,9-10,14-15H2,1-8H3. The molecular formula is C26H35N3O6. The molecule has 1 saturated heterocycles. The predicted octanol–water partition coefficient (Wildman–Crippen LogP) is 3.27. The van der Waals surface area contributed by atoms with Gasteiger partial charge in [0.15, 0.2) is 0 Å². The Bertz CT molecular complexity index is 1170. The highest BCUT2D eigenvalue weighted by Crippen LogP contribution is 2.37. The van der Waals surface area contributed by atoms with Gasteiger partial charge in [0.1, 0.15) is 23.6 Å². The summed E-state index contributed by atoms with van der Waals surface area (Å²) in [6, 6.07) is 3.79. The summed E-state index contributed by atoms with van der Waals surface area (Å²) in [4.78, 5) is 40.7. The van der Waals surface area contributed by atoms with Crippen molar-refractivity contribution in [2.24, 2.45) is 7.05 Å². The van der Waals surface area contributed by atoms with Gasteiger partial charge < -0.3 is 23.7 Å². The quantitative estimate of drug-likeness (QED) is 0.646. The van der Waals surface area contributed by atoms with Crippen molar-refractivity contribution in [3.63, 3.8) is 0 Å². The number of carbonyl (C=O) groups excluding carboxylic acids is 2. The van der Waals surface area contributed by atoms with Gasteiger partial charge in [-0.05, 0) is 57.9 Å². The number of piperazine rings is 1. The molecule has 9 nitrogen and oxygen atoms in total. The number of carbonyl (C=O) groups is 2. The molecule has 2 amide bonds. The third kappa shape index (κ3) is 5.61. The molecule has 0 atom stereocenters. The summed E-state index contributed by atoms with van der Waals surface area (Å²) in [6.07, 6.45) is 1.31. The third-order valence-corrected chi connectivity index (χ3v) is 6.17. The van der Waals surface area contributed by atoms with Crippen LogP contribution in [0.4, 0.5) is 4.79 Å². The molecule has 0 bridgehead atoms. The lowest BCUT2D eigenvalue weighted by Crippen LogP contribution is -2.52. The lowest BCUT2D eigenvalue weighted by atomic mass is 9.97. The van der Waals surface area contributed by atoms with Gasteiger partial charge in [-0.1, -0.05) is 0 Å². The van der Waals surface area contributed by atoms with Crippen molar-refractivity contribution in [3.05, 3.63) is 45.4 Å². The van der Waals surface area contributed by atoms with Gasteiger partial charge >= 0.3 is 6.09 Å². The fraction of sp³-hybridized carbons (Fsp3) is 0.500. The van der Waals surface area contributed by atoms with E-state index in [2.05, 4.69) is 0 Å². The van der Waals surface area contributed by atoms with E-state index in [1.165, 1.54) is 4.90 Å². The monoisotopic (exact) mass is 485 g/mol. The third-order valence-electron chi connectivity index (χ3n) is 6.17. The average molecular weight is 486 g/mol. The average Bonchev–Trinajstić information content (AvgIpc) is 2.80. The Balaban J connectivity index is 1.89. The minimum Gasteiger partial charge on any atom is -0.496 e. The van der Waals surface area contributed by atoms with E-state index in [0.717, 1.165) is 22.3 Å². The van der Waals surface area contributed by atoms with Crippen LogP contribution in [0.5, 0.6) is 11.5 Å². The first-order chi connectivity index (χ1) is 16.4. The lowest BCUT2D eigenvalue weighted by Gasteiger charge is -2.35. The summed E-state index contributed by atoms with van der Waals surface area (Å²) in [6.45, 7) is 10.1. The van der Waals surface area contributed by atoms with E-state index >= 15 is 0 Å². The molecule has 0 unspecified atom stereocenters. The fourth-order valence-corrected chi connectivity index (χ4v) is 4.11. The van der Waals surface area contributed by atoms with Gasteiger partial charge in [-0.3, -0.25) is 14.5 Å². The van der Waals surface area contributed by atoms with E-state index in [4.69, 9.17) is 14.2 Å². The normalized spacial score (nSPS) is 14.2. The van der Waals surface area contributed by atoms with Crippen LogP contribution < -0.4 is 15.0 Å². The highest BCUT2D eigenvalue weighted by molar-refractivity contribution is 5.84. The topological polar surface area (TPSA) is 90.3 Å². The molecule has 0 saturated carbocycles. The first-order valence-electron chi connectivity index (χ1n) is 11.5. The summed E-state index contributed by atoms with van der Waals surface area (Å²) in [7, 11) is 4.87. The van der Waals surface area contributed by atoms with Gasteiger partial charge in [0.2, 0.25) is 5.91 Å². The smallest absolute Gasteiger partial charge is 0.410 e. The Morgan fingerprint density at radius 3 is 2.11 bits per heavy atom. The van der Waals surface area contributed by atoms with Gasteiger partial charge in [0, 0.05) is 37.5 Å². The molecule has 0 radical (unpaired) electrons. The molecule has 2 heterocycles. The van der Waals surface area contributed by atoms with Crippen LogP contribution in [0, 0.1) is 13.8 Å². The van der Waals surface area contributed by atoms with E-state index < -0.39 is 11.7 Å². The molecule has 0 spiro atoms. The second kappa shape index (κ2) is 10.0. The molecular weight excluding hydrogens is 450 g/mol. The van der Waals surface area contributed by atoms with Crippen LogP contribution in [0.2, 0.25) is 0 Å². The lowest BCUT2D eigenvalue weighted by molar-refractivity contribution is -0.136. The highest BCUT2D eigenvalue weighted by atomic mass is 16.6. The molecule has 1 fully saturated rings. The van der Waals surface area contributed by atoms with E-state index in [1.54, 1.807) is 57.7 Å². The van der Waals surface area contributed by atoms with E-state index in [9.17, 15) is 14.4 Å². The van der Waals surface area contributed by atoms with Crippen LogP contribution in [0.3, 0.4) is 0 Å². The van der Waals surface area contributed by atoms with Crippen molar-refractivity contribution < 1.29 is 23.8 Å². The summed E-state index contributed by atoms with van der Waals surface area (Å²) in [5.74, 6) is 0.972. The van der Waals surface area contributed by atoms with Crippen molar-refractivity contribution >= 4 is 12.0 Å². The number of amides is 2. The maximum absolute atomic E-state index is 12.9. The number of hydrogen-bond donors (Lipinski definition) is 0. The van der Waals surface area contributed by atoms with Gasteiger partial charge in [-0.2, -0.15) is 0 Å². The molecule has 190 valence electrons. The van der Waals surface area contributed by atoms with Crippen LogP contribution in [-0.2, 0) is 23.1 Å². The van der Waals surface area contributed by atoms with Crippen molar-refractivity contribution in [2.45, 2.75) is 46.8 Å². The first kappa shape index (κ1) is 26.1. The molecule has 0 N–H and O–H groups in total. The number of rotatable bonds is 5. The Morgan fingerprint density at radius 1 is 1.00 bits per heavy atom. The molecule has 3 rings (SSSR count). The number of hydrogen-bond acceptors (Lipinski definition) is 6. The van der Waals surface area contributed by atoms with Gasteiger partial charge in [-0.25, -0.2) is 4.79 Å². The van der Waals surface area contributed by atoms with E-state index in [1.807, 2.05) is 26.0 Å². The van der Waals surface area contributed by atoms with Gasteiger partial charge in [0.05, 0.1) is 26.3 Å². The second-order valence-electron chi connectivity index (χ2n) is 9.79. The number of methoxy groups -OCH3 is 2. The zero-order chi connectivity index (χ0) is 26.1. The number of nitrogens with zero attached hydrogens (tertiary/aromatic N) is 3. The molecule has 1 aliphatic rings. The predicted molar refractivity (Wildman–Crippen MR) is 133 cm³/mol. The first-order valence-corrected chi connectivity index (χ1v) is 11.5. The SMILES string of the molecule is COc1cc(-c2cn(C)c(=O)c(C)c2C)cc(OC)c1CN1CCN(C(=O)OC(C)(C)C)CC1=O. The van der Waals surface area contributed by atoms with Gasteiger partial charge in [-0.15, -0.1) is 0 Å². The molecule has 1 aromatic carbocycles. The van der Waals surface area contributed by atoms with Crippen LogP contribution in [0.1, 0.15) is 37.5 Å². The van der Waals surface area contributed by atoms with Crippen molar-refractivity contribution in [3.8, 4) is 22.6 Å². The largest absolute Gasteiger partial charge is 0.496 e. The number of benzene rings is 1. The van der Waals surface area contributed by atoms with Crippen LogP contribution in [-0.4, -0.2) is 65.8 Å². The highest BCUT2D eigenvalue weighted by Gasteiger charge is 2.31. The van der Waals surface area contributed by atoms with Crippen molar-refractivity contribution in [2.75, 3.05) is 33.9 Å². The maximum atomic E-state index is 12.9. The summed E-state index contributed by atoms with van der Waals surface area (Å²) < 4.78 is 18.3. The van der Waals surface area contributed by atoms with Crippen molar-refractivity contribution in [1.29, 1.82) is 0 Å². The summed E-state index contributed by atoms with van der Waals surface area (Å²) in [5, 5.41) is 0. The Morgan fingerprint density at radius 2 is 1.60 bits per heavy atom. The minimum atomic E-state index is -0.623. The summed E-state index contributed by atoms with van der Waals surface area (Å²) in [5.41, 5.74) is 3.39. The van der Waals surface area contributed by atoms with Crippen LogP contribution >= 0.6 is 0 Å². The zero-order valence-electron chi connectivity index (χ0n) is 21.9. The number of ether oxygens (including phenoxy) is 3. The fourth-order valence-electron chi connectivity index (χ4n) is 4.11. The Kier molecular flexibility index (Phi) is 7.47. The molecule has 0 aliphatic carbocycles. The molecule has 1 aromatic heterocycles. The van der Waals surface area contributed by atoms with E-state index in [0.29, 0.717) is 30.2 Å². The van der Waals surface area contributed by atoms with Crippen LogP contribution in [0.15, 0.2) is 23.1 Å². The summed E-state index contributed by atoms with van der Waals surface area (Å²) >= 11 is 0. The Hall–Kier alpha value is -3.49. The minimum absolute atomic E-state index is 0.0363. The zero-order valence-corrected chi connectivity index (χ0v) is 21.9. The maximum Gasteiger partial charge on any atom is 0.410 e. The van der Waals surface area contributed by atoms with E-state index in [-0.39, 0.29) is 24.6 Å². The van der Waals surface area contributed by atoms with Crippen LogP contribution in [0.25, 0.3) is 11.1 Å². The number of pyridine rings is 1. The molecule has 35 heavy (non-hydrogen) atoms. The van der Waals surface area contributed by atoms with Crippen molar-refractivity contribution in [1.82, 2.24) is 14.4 Å².